The van der Waals surface area contributed by atoms with Crippen molar-refractivity contribution in [3.05, 3.63) is 24.0 Å². The van der Waals surface area contributed by atoms with Crippen LogP contribution < -0.4 is 10.1 Å². The zero-order valence-electron chi connectivity index (χ0n) is 10.9. The Kier molecular flexibility index (Phi) is 7.05. The molecule has 0 fully saturated rings. The Balaban J connectivity index is 2.71. The average Bonchev–Trinajstić information content (AvgIpc) is 2.39. The number of methoxy groups -OCH3 is 1. The second-order valence-electron chi connectivity index (χ2n) is 3.95. The quantitative estimate of drug-likeness (QED) is 0.773. The van der Waals surface area contributed by atoms with Crippen LogP contribution in [0, 0.1) is 0 Å². The maximum Gasteiger partial charge on any atom is 0.137 e. The Labute approximate surface area is 108 Å². The lowest BCUT2D eigenvalue weighted by Gasteiger charge is -2.18. The van der Waals surface area contributed by atoms with Crippen molar-refractivity contribution in [3.8, 4) is 5.75 Å². The van der Waals surface area contributed by atoms with Crippen molar-refractivity contribution in [1.82, 2.24) is 10.3 Å². The van der Waals surface area contributed by atoms with Crippen molar-refractivity contribution in [2.45, 2.75) is 25.8 Å². The summed E-state index contributed by atoms with van der Waals surface area (Å²) in [5.74, 6) is 1.98. The highest BCUT2D eigenvalue weighted by molar-refractivity contribution is 7.98. The molecule has 0 radical (unpaired) electrons. The van der Waals surface area contributed by atoms with Gasteiger partial charge in [-0.25, -0.2) is 0 Å². The monoisotopic (exact) mass is 254 g/mol. The van der Waals surface area contributed by atoms with E-state index in [4.69, 9.17) is 4.74 Å². The molecule has 0 aliphatic heterocycles. The molecule has 1 aromatic rings. The summed E-state index contributed by atoms with van der Waals surface area (Å²) in [7, 11) is 1.68. The molecule has 0 spiro atoms. The summed E-state index contributed by atoms with van der Waals surface area (Å²) in [5.41, 5.74) is 1.21. The molecule has 0 aliphatic rings. The smallest absolute Gasteiger partial charge is 0.137 e. The normalized spacial score (nSPS) is 12.4. The van der Waals surface area contributed by atoms with Gasteiger partial charge >= 0.3 is 0 Å². The van der Waals surface area contributed by atoms with Crippen LogP contribution in [0.15, 0.2) is 18.5 Å². The molecule has 1 aromatic heterocycles. The second-order valence-corrected chi connectivity index (χ2v) is 4.93. The highest BCUT2D eigenvalue weighted by Gasteiger charge is 2.11. The van der Waals surface area contributed by atoms with Crippen molar-refractivity contribution in [3.63, 3.8) is 0 Å². The number of hydrogen-bond donors (Lipinski definition) is 1. The first-order chi connectivity index (χ1) is 8.31. The van der Waals surface area contributed by atoms with Gasteiger partial charge in [-0.15, -0.1) is 0 Å². The van der Waals surface area contributed by atoms with Crippen LogP contribution in [0.5, 0.6) is 5.75 Å². The molecule has 1 N–H and O–H groups in total. The van der Waals surface area contributed by atoms with Crippen LogP contribution in [0.4, 0.5) is 0 Å². The molecule has 1 unspecified atom stereocenters. The molecule has 1 heterocycles. The highest BCUT2D eigenvalue weighted by atomic mass is 32.2. The first kappa shape index (κ1) is 14.3. The van der Waals surface area contributed by atoms with E-state index in [0.717, 1.165) is 30.9 Å². The number of ether oxygens (including phenoxy) is 1. The summed E-state index contributed by atoms with van der Waals surface area (Å²) >= 11 is 1.88. The van der Waals surface area contributed by atoms with Crippen molar-refractivity contribution < 1.29 is 4.74 Å². The standard InChI is InChI=1S/C13H22N2OS/c1-4-6-15-13(5-7-17-3)11-8-12(16-2)10-14-9-11/h8-10,13,15H,4-7H2,1-3H3. The third kappa shape index (κ3) is 4.96. The molecule has 1 rings (SSSR count). The molecule has 3 nitrogen and oxygen atoms in total. The fraction of sp³-hybridized carbons (Fsp3) is 0.615. The number of aromatic nitrogens is 1. The topological polar surface area (TPSA) is 34.2 Å². The van der Waals surface area contributed by atoms with Gasteiger partial charge in [-0.05, 0) is 43.0 Å². The van der Waals surface area contributed by atoms with Crippen molar-refractivity contribution >= 4 is 11.8 Å². The Morgan fingerprint density at radius 1 is 1.47 bits per heavy atom. The molecule has 0 aromatic carbocycles. The van der Waals surface area contributed by atoms with Crippen LogP contribution in [0.25, 0.3) is 0 Å². The minimum Gasteiger partial charge on any atom is -0.495 e. The fourth-order valence-electron chi connectivity index (χ4n) is 1.68. The average molecular weight is 254 g/mol. The molecule has 96 valence electrons. The van der Waals surface area contributed by atoms with Crippen molar-refractivity contribution in [2.24, 2.45) is 0 Å². The van der Waals surface area contributed by atoms with E-state index in [1.54, 1.807) is 13.3 Å². The summed E-state index contributed by atoms with van der Waals surface area (Å²) in [4.78, 5) is 4.22. The van der Waals surface area contributed by atoms with Gasteiger partial charge in [0.2, 0.25) is 0 Å². The Bertz CT molecular complexity index is 312. The molecule has 4 heteroatoms. The van der Waals surface area contributed by atoms with Gasteiger partial charge in [-0.1, -0.05) is 6.92 Å². The molecule has 0 amide bonds. The first-order valence-corrected chi connectivity index (χ1v) is 7.42. The lowest BCUT2D eigenvalue weighted by molar-refractivity contribution is 0.410. The largest absolute Gasteiger partial charge is 0.495 e. The van der Waals surface area contributed by atoms with Crippen LogP contribution in [0.2, 0.25) is 0 Å². The van der Waals surface area contributed by atoms with E-state index in [2.05, 4.69) is 29.5 Å². The fourth-order valence-corrected chi connectivity index (χ4v) is 2.15. The first-order valence-electron chi connectivity index (χ1n) is 6.03. The zero-order valence-corrected chi connectivity index (χ0v) is 11.7. The molecule has 0 bridgehead atoms. The summed E-state index contributed by atoms with van der Waals surface area (Å²) < 4.78 is 5.22. The number of rotatable bonds is 8. The summed E-state index contributed by atoms with van der Waals surface area (Å²) in [5, 5.41) is 3.56. The minimum absolute atomic E-state index is 0.380. The van der Waals surface area contributed by atoms with E-state index >= 15 is 0 Å². The van der Waals surface area contributed by atoms with E-state index in [-0.39, 0.29) is 0 Å². The minimum atomic E-state index is 0.380. The Hall–Kier alpha value is -0.740. The van der Waals surface area contributed by atoms with Gasteiger partial charge in [-0.2, -0.15) is 11.8 Å². The lowest BCUT2D eigenvalue weighted by Crippen LogP contribution is -2.22. The van der Waals surface area contributed by atoms with E-state index in [1.165, 1.54) is 5.56 Å². The number of hydrogen-bond acceptors (Lipinski definition) is 4. The van der Waals surface area contributed by atoms with Gasteiger partial charge < -0.3 is 10.1 Å². The van der Waals surface area contributed by atoms with Gasteiger partial charge in [0.15, 0.2) is 0 Å². The van der Waals surface area contributed by atoms with Crippen molar-refractivity contribution in [2.75, 3.05) is 25.7 Å². The molecular formula is C13H22N2OS. The SMILES string of the molecule is CCCNC(CCSC)c1cncc(OC)c1. The Morgan fingerprint density at radius 3 is 2.94 bits per heavy atom. The summed E-state index contributed by atoms with van der Waals surface area (Å²) in [6.45, 7) is 3.22. The Morgan fingerprint density at radius 2 is 2.29 bits per heavy atom. The number of pyridine rings is 1. The molecule has 0 aliphatic carbocycles. The lowest BCUT2D eigenvalue weighted by atomic mass is 10.1. The predicted molar refractivity (Wildman–Crippen MR) is 74.8 cm³/mol. The van der Waals surface area contributed by atoms with E-state index in [0.29, 0.717) is 6.04 Å². The van der Waals surface area contributed by atoms with Gasteiger partial charge in [0.1, 0.15) is 5.75 Å². The third-order valence-corrected chi connectivity index (χ3v) is 3.27. The molecule has 0 saturated heterocycles. The van der Waals surface area contributed by atoms with Crippen LogP contribution >= 0.6 is 11.8 Å². The van der Waals surface area contributed by atoms with Gasteiger partial charge in [0.25, 0.3) is 0 Å². The van der Waals surface area contributed by atoms with Crippen LogP contribution in [-0.2, 0) is 0 Å². The predicted octanol–water partition coefficient (Wildman–Crippen LogP) is 2.88. The van der Waals surface area contributed by atoms with Gasteiger partial charge in [0.05, 0.1) is 13.3 Å². The number of thioether (sulfide) groups is 1. The van der Waals surface area contributed by atoms with Gasteiger partial charge in [0, 0.05) is 12.2 Å². The highest BCUT2D eigenvalue weighted by Crippen LogP contribution is 2.21. The van der Waals surface area contributed by atoms with Crippen LogP contribution in [-0.4, -0.2) is 30.6 Å². The second kappa shape index (κ2) is 8.37. The summed E-state index contributed by atoms with van der Waals surface area (Å²) in [6, 6.07) is 2.45. The van der Waals surface area contributed by atoms with Gasteiger partial charge in [-0.3, -0.25) is 4.98 Å². The number of nitrogens with zero attached hydrogens (tertiary/aromatic N) is 1. The third-order valence-electron chi connectivity index (χ3n) is 2.62. The van der Waals surface area contributed by atoms with Crippen molar-refractivity contribution in [1.29, 1.82) is 0 Å². The maximum atomic E-state index is 5.22. The number of nitrogens with one attached hydrogen (secondary N) is 1. The summed E-state index contributed by atoms with van der Waals surface area (Å²) in [6.07, 6.45) is 8.08. The molecule has 1 atom stereocenters. The van der Waals surface area contributed by atoms with Crippen LogP contribution in [0.1, 0.15) is 31.4 Å². The van der Waals surface area contributed by atoms with E-state index in [9.17, 15) is 0 Å². The molecular weight excluding hydrogens is 232 g/mol. The van der Waals surface area contributed by atoms with E-state index in [1.807, 2.05) is 18.0 Å². The zero-order chi connectivity index (χ0) is 12.5. The maximum absolute atomic E-state index is 5.22. The van der Waals surface area contributed by atoms with E-state index < -0.39 is 0 Å². The molecule has 17 heavy (non-hydrogen) atoms. The molecule has 0 saturated carbocycles. The van der Waals surface area contributed by atoms with Crippen LogP contribution in [0.3, 0.4) is 0 Å².